The van der Waals surface area contributed by atoms with Gasteiger partial charge in [0.25, 0.3) is 0 Å². The SMILES string of the molecule is CNC(=O)CCNCC1COc2ccccc2O1. The Kier molecular flexibility index (Phi) is 4.41. The average molecular weight is 250 g/mol. The molecule has 5 nitrogen and oxygen atoms in total. The van der Waals surface area contributed by atoms with E-state index < -0.39 is 0 Å². The van der Waals surface area contributed by atoms with Crippen molar-refractivity contribution in [3.8, 4) is 11.5 Å². The fourth-order valence-corrected chi connectivity index (χ4v) is 1.75. The summed E-state index contributed by atoms with van der Waals surface area (Å²) in [5, 5.41) is 5.77. The summed E-state index contributed by atoms with van der Waals surface area (Å²) in [6, 6.07) is 7.63. The van der Waals surface area contributed by atoms with Crippen molar-refractivity contribution >= 4 is 5.91 Å². The van der Waals surface area contributed by atoms with Crippen LogP contribution in [0.4, 0.5) is 0 Å². The number of amides is 1. The Labute approximate surface area is 106 Å². The lowest BCUT2D eigenvalue weighted by Gasteiger charge is -2.26. The lowest BCUT2D eigenvalue weighted by atomic mass is 10.2. The first kappa shape index (κ1) is 12.7. The van der Waals surface area contributed by atoms with Crippen LogP contribution < -0.4 is 20.1 Å². The number of carbonyl (C=O) groups is 1. The van der Waals surface area contributed by atoms with Crippen LogP contribution in [0.1, 0.15) is 6.42 Å². The molecule has 1 aliphatic rings. The number of para-hydroxylation sites is 2. The van der Waals surface area contributed by atoms with Crippen molar-refractivity contribution in [2.75, 3.05) is 26.7 Å². The predicted molar refractivity (Wildman–Crippen MR) is 67.9 cm³/mol. The Bertz CT molecular complexity index is 409. The first-order valence-corrected chi connectivity index (χ1v) is 6.09. The van der Waals surface area contributed by atoms with E-state index in [1.54, 1.807) is 7.05 Å². The number of hydrogen-bond donors (Lipinski definition) is 2. The first-order chi connectivity index (χ1) is 8.79. The van der Waals surface area contributed by atoms with Crippen LogP contribution in [0.15, 0.2) is 24.3 Å². The quantitative estimate of drug-likeness (QED) is 0.749. The number of nitrogens with one attached hydrogen (secondary N) is 2. The maximum atomic E-state index is 11.0. The van der Waals surface area contributed by atoms with E-state index in [9.17, 15) is 4.79 Å². The van der Waals surface area contributed by atoms with Crippen LogP contribution in [0.25, 0.3) is 0 Å². The zero-order valence-corrected chi connectivity index (χ0v) is 10.4. The average Bonchev–Trinajstić information content (AvgIpc) is 2.43. The molecule has 0 radical (unpaired) electrons. The van der Waals surface area contributed by atoms with Gasteiger partial charge in [-0.1, -0.05) is 12.1 Å². The summed E-state index contributed by atoms with van der Waals surface area (Å²) in [5.41, 5.74) is 0. The van der Waals surface area contributed by atoms with Crippen molar-refractivity contribution in [1.82, 2.24) is 10.6 Å². The van der Waals surface area contributed by atoms with Gasteiger partial charge in [-0.2, -0.15) is 0 Å². The van der Waals surface area contributed by atoms with Crippen LogP contribution in [0.5, 0.6) is 11.5 Å². The number of hydrogen-bond acceptors (Lipinski definition) is 4. The summed E-state index contributed by atoms with van der Waals surface area (Å²) in [6.07, 6.45) is 0.463. The Morgan fingerprint density at radius 1 is 1.39 bits per heavy atom. The number of carbonyl (C=O) groups excluding carboxylic acids is 1. The van der Waals surface area contributed by atoms with Crippen molar-refractivity contribution < 1.29 is 14.3 Å². The van der Waals surface area contributed by atoms with Gasteiger partial charge in [-0.25, -0.2) is 0 Å². The zero-order valence-electron chi connectivity index (χ0n) is 10.4. The Balaban J connectivity index is 1.72. The highest BCUT2D eigenvalue weighted by Crippen LogP contribution is 2.30. The minimum absolute atomic E-state index is 0.00964. The molecular formula is C13H18N2O3. The molecular weight excluding hydrogens is 232 g/mol. The van der Waals surface area contributed by atoms with E-state index in [2.05, 4.69) is 10.6 Å². The van der Waals surface area contributed by atoms with Crippen LogP contribution in [-0.4, -0.2) is 38.8 Å². The van der Waals surface area contributed by atoms with Gasteiger partial charge in [-0.15, -0.1) is 0 Å². The molecule has 1 heterocycles. The van der Waals surface area contributed by atoms with Crippen LogP contribution in [0.2, 0.25) is 0 Å². The molecule has 2 rings (SSSR count). The van der Waals surface area contributed by atoms with Gasteiger partial charge in [0.15, 0.2) is 11.5 Å². The highest BCUT2D eigenvalue weighted by Gasteiger charge is 2.19. The fraction of sp³-hybridized carbons (Fsp3) is 0.462. The van der Waals surface area contributed by atoms with Crippen LogP contribution in [0.3, 0.4) is 0 Å². The Hall–Kier alpha value is -1.75. The second-order valence-corrected chi connectivity index (χ2v) is 4.12. The van der Waals surface area contributed by atoms with E-state index >= 15 is 0 Å². The molecule has 0 bridgehead atoms. The molecule has 1 atom stereocenters. The second kappa shape index (κ2) is 6.26. The van der Waals surface area contributed by atoms with E-state index in [1.807, 2.05) is 24.3 Å². The topological polar surface area (TPSA) is 59.6 Å². The summed E-state index contributed by atoms with van der Waals surface area (Å²) < 4.78 is 11.4. The van der Waals surface area contributed by atoms with Crippen molar-refractivity contribution in [3.05, 3.63) is 24.3 Å². The molecule has 0 aliphatic carbocycles. The Morgan fingerprint density at radius 3 is 2.94 bits per heavy atom. The summed E-state index contributed by atoms with van der Waals surface area (Å²) in [5.74, 6) is 1.61. The van der Waals surface area contributed by atoms with Gasteiger partial charge in [0, 0.05) is 26.6 Å². The molecule has 0 saturated heterocycles. The zero-order chi connectivity index (χ0) is 12.8. The summed E-state index contributed by atoms with van der Waals surface area (Å²) in [4.78, 5) is 11.0. The summed E-state index contributed by atoms with van der Waals surface area (Å²) >= 11 is 0. The van der Waals surface area contributed by atoms with Gasteiger partial charge < -0.3 is 20.1 Å². The summed E-state index contributed by atoms with van der Waals surface area (Å²) in [6.45, 7) is 1.84. The molecule has 98 valence electrons. The molecule has 2 N–H and O–H groups in total. The lowest BCUT2D eigenvalue weighted by Crippen LogP contribution is -2.39. The van der Waals surface area contributed by atoms with E-state index in [0.29, 0.717) is 26.1 Å². The summed E-state index contributed by atoms with van der Waals surface area (Å²) in [7, 11) is 1.64. The molecule has 0 saturated carbocycles. The molecule has 1 aromatic carbocycles. The molecule has 0 fully saturated rings. The molecule has 1 unspecified atom stereocenters. The van der Waals surface area contributed by atoms with Gasteiger partial charge in [0.05, 0.1) is 0 Å². The van der Waals surface area contributed by atoms with E-state index in [4.69, 9.17) is 9.47 Å². The van der Waals surface area contributed by atoms with E-state index in [0.717, 1.165) is 11.5 Å². The molecule has 18 heavy (non-hydrogen) atoms. The smallest absolute Gasteiger partial charge is 0.221 e. The fourth-order valence-electron chi connectivity index (χ4n) is 1.75. The third kappa shape index (κ3) is 3.37. The van der Waals surface area contributed by atoms with Gasteiger partial charge in [0.1, 0.15) is 12.7 Å². The third-order valence-electron chi connectivity index (χ3n) is 2.75. The minimum atomic E-state index is -0.00964. The standard InChI is InChI=1S/C13H18N2O3/c1-14-13(16)6-7-15-8-10-9-17-11-4-2-3-5-12(11)18-10/h2-5,10,15H,6-9H2,1H3,(H,14,16). The number of rotatable bonds is 5. The monoisotopic (exact) mass is 250 g/mol. The lowest BCUT2D eigenvalue weighted by molar-refractivity contribution is -0.120. The number of ether oxygens (including phenoxy) is 2. The van der Waals surface area contributed by atoms with Gasteiger partial charge in [0.2, 0.25) is 5.91 Å². The molecule has 5 heteroatoms. The highest BCUT2D eigenvalue weighted by molar-refractivity contribution is 5.75. The molecule has 1 aromatic rings. The second-order valence-electron chi connectivity index (χ2n) is 4.12. The van der Waals surface area contributed by atoms with Gasteiger partial charge >= 0.3 is 0 Å². The largest absolute Gasteiger partial charge is 0.486 e. The molecule has 0 aromatic heterocycles. The molecule has 1 aliphatic heterocycles. The van der Waals surface area contributed by atoms with Crippen molar-refractivity contribution in [2.45, 2.75) is 12.5 Å². The maximum Gasteiger partial charge on any atom is 0.221 e. The van der Waals surface area contributed by atoms with Crippen LogP contribution >= 0.6 is 0 Å². The number of benzene rings is 1. The van der Waals surface area contributed by atoms with Crippen LogP contribution in [-0.2, 0) is 4.79 Å². The van der Waals surface area contributed by atoms with Crippen molar-refractivity contribution in [2.24, 2.45) is 0 Å². The van der Waals surface area contributed by atoms with Crippen molar-refractivity contribution in [1.29, 1.82) is 0 Å². The minimum Gasteiger partial charge on any atom is -0.486 e. The Morgan fingerprint density at radius 2 is 2.17 bits per heavy atom. The van der Waals surface area contributed by atoms with E-state index in [1.165, 1.54) is 0 Å². The van der Waals surface area contributed by atoms with Crippen LogP contribution in [0, 0.1) is 0 Å². The normalized spacial score (nSPS) is 17.3. The first-order valence-electron chi connectivity index (χ1n) is 6.09. The predicted octanol–water partition coefficient (Wildman–Crippen LogP) is 0.552. The third-order valence-corrected chi connectivity index (χ3v) is 2.75. The number of fused-ring (bicyclic) bond motifs is 1. The highest BCUT2D eigenvalue weighted by atomic mass is 16.6. The van der Waals surface area contributed by atoms with Gasteiger partial charge in [-0.3, -0.25) is 4.79 Å². The van der Waals surface area contributed by atoms with Gasteiger partial charge in [-0.05, 0) is 12.1 Å². The van der Waals surface area contributed by atoms with E-state index in [-0.39, 0.29) is 12.0 Å². The molecule has 0 spiro atoms. The molecule has 1 amide bonds. The maximum absolute atomic E-state index is 11.0. The van der Waals surface area contributed by atoms with Crippen molar-refractivity contribution in [3.63, 3.8) is 0 Å².